The van der Waals surface area contributed by atoms with Gasteiger partial charge in [0.1, 0.15) is 5.82 Å². The van der Waals surface area contributed by atoms with Crippen molar-refractivity contribution in [2.45, 2.75) is 31.4 Å². The van der Waals surface area contributed by atoms with E-state index in [0.29, 0.717) is 18.3 Å². The van der Waals surface area contributed by atoms with Crippen LogP contribution in [-0.2, 0) is 10.5 Å². The Morgan fingerprint density at radius 3 is 2.54 bits per heavy atom. The van der Waals surface area contributed by atoms with Gasteiger partial charge in [-0.25, -0.2) is 4.39 Å². The molecule has 158 valence electrons. The Kier molecular flexibility index (Phi) is 11.2. The van der Waals surface area contributed by atoms with Gasteiger partial charge in [0.25, 0.3) is 0 Å². The molecule has 1 aliphatic carbocycles. The highest BCUT2D eigenvalue weighted by atomic mass is 127. The lowest BCUT2D eigenvalue weighted by Gasteiger charge is -2.31. The zero-order valence-corrected chi connectivity index (χ0v) is 20.1. The lowest BCUT2D eigenvalue weighted by Crippen LogP contribution is -2.49. The third-order valence-corrected chi connectivity index (χ3v) is 6.00. The van der Waals surface area contributed by atoms with Crippen LogP contribution in [0.3, 0.4) is 0 Å². The first kappa shape index (κ1) is 25.0. The van der Waals surface area contributed by atoms with Gasteiger partial charge in [-0.2, -0.15) is 11.8 Å². The molecule has 0 saturated heterocycles. The number of carbonyl (C=O) groups is 1. The number of nitrogens with one attached hydrogen (secondary N) is 2. The minimum absolute atomic E-state index is 0. The van der Waals surface area contributed by atoms with Gasteiger partial charge in [0, 0.05) is 45.7 Å². The van der Waals surface area contributed by atoms with E-state index in [4.69, 9.17) is 0 Å². The second kappa shape index (κ2) is 12.5. The Balaban J connectivity index is 0.00000392. The highest BCUT2D eigenvalue weighted by Gasteiger charge is 2.42. The molecule has 1 saturated carbocycles. The summed E-state index contributed by atoms with van der Waals surface area (Å²) < 4.78 is 13.6. The van der Waals surface area contributed by atoms with Crippen LogP contribution in [0.5, 0.6) is 0 Å². The van der Waals surface area contributed by atoms with Gasteiger partial charge in [-0.3, -0.25) is 9.79 Å². The summed E-state index contributed by atoms with van der Waals surface area (Å²) in [6.07, 6.45) is 4.04. The van der Waals surface area contributed by atoms with Crippen molar-refractivity contribution < 1.29 is 9.18 Å². The van der Waals surface area contributed by atoms with Gasteiger partial charge in [-0.1, -0.05) is 31.0 Å². The van der Waals surface area contributed by atoms with Crippen LogP contribution in [-0.4, -0.2) is 56.8 Å². The summed E-state index contributed by atoms with van der Waals surface area (Å²) in [7, 11) is 5.38. The van der Waals surface area contributed by atoms with Crippen molar-refractivity contribution >= 4 is 47.6 Å². The molecular formula is C20H32FIN4OS. The predicted octanol–water partition coefficient (Wildman–Crippen LogP) is 3.49. The third kappa shape index (κ3) is 7.09. The lowest BCUT2D eigenvalue weighted by atomic mass is 9.84. The number of nitrogens with zero attached hydrogens (tertiary/aromatic N) is 2. The summed E-state index contributed by atoms with van der Waals surface area (Å²) in [6, 6.07) is 6.88. The molecule has 0 heterocycles. The number of aliphatic imine (C=N–C) groups is 1. The third-order valence-electron chi connectivity index (χ3n) is 4.99. The first-order valence-corrected chi connectivity index (χ1v) is 10.6. The summed E-state index contributed by atoms with van der Waals surface area (Å²) in [4.78, 5) is 18.6. The molecule has 2 rings (SSSR count). The second-order valence-electron chi connectivity index (χ2n) is 7.18. The zero-order chi connectivity index (χ0) is 19.7. The quantitative estimate of drug-likeness (QED) is 0.238. The molecule has 8 heteroatoms. The summed E-state index contributed by atoms with van der Waals surface area (Å²) in [5.41, 5.74) is 0.413. The highest BCUT2D eigenvalue weighted by Crippen LogP contribution is 2.38. The molecule has 0 atom stereocenters. The standard InChI is InChI=1S/C20H31FN4OS.HI/c1-22-19(23-12-13-27-14-16-8-4-5-9-17(16)21)24-15-20(10-6-7-11-20)18(26)25(2)3;/h4-5,8-9H,6-7,10-15H2,1-3H3,(H2,22,23,24);1H. The molecule has 0 bridgehead atoms. The van der Waals surface area contributed by atoms with Gasteiger partial charge in [-0.05, 0) is 24.5 Å². The van der Waals surface area contributed by atoms with E-state index in [9.17, 15) is 9.18 Å². The van der Waals surface area contributed by atoms with Crippen LogP contribution >= 0.6 is 35.7 Å². The number of rotatable bonds is 8. The Labute approximate surface area is 189 Å². The molecule has 0 unspecified atom stereocenters. The van der Waals surface area contributed by atoms with Crippen LogP contribution in [0.4, 0.5) is 4.39 Å². The molecule has 0 radical (unpaired) electrons. The van der Waals surface area contributed by atoms with Crippen molar-refractivity contribution in [2.75, 3.05) is 40.0 Å². The smallest absolute Gasteiger partial charge is 0.230 e. The Hall–Kier alpha value is -1.03. The van der Waals surface area contributed by atoms with Crippen LogP contribution in [0, 0.1) is 11.2 Å². The van der Waals surface area contributed by atoms with Gasteiger partial charge in [0.05, 0.1) is 5.41 Å². The molecule has 2 N–H and O–H groups in total. The zero-order valence-electron chi connectivity index (χ0n) is 17.0. The fourth-order valence-electron chi connectivity index (χ4n) is 3.51. The van der Waals surface area contributed by atoms with Crippen molar-refractivity contribution in [3.63, 3.8) is 0 Å². The van der Waals surface area contributed by atoms with E-state index in [-0.39, 0.29) is 41.1 Å². The van der Waals surface area contributed by atoms with Crippen molar-refractivity contribution in [1.29, 1.82) is 0 Å². The number of hydrogen-bond acceptors (Lipinski definition) is 3. The molecule has 1 amide bonds. The van der Waals surface area contributed by atoms with Gasteiger partial charge < -0.3 is 15.5 Å². The van der Waals surface area contributed by atoms with E-state index >= 15 is 0 Å². The number of halogens is 2. The topological polar surface area (TPSA) is 56.7 Å². The van der Waals surface area contributed by atoms with Gasteiger partial charge in [0.2, 0.25) is 5.91 Å². The Bertz CT molecular complexity index is 651. The summed E-state index contributed by atoms with van der Waals surface area (Å²) in [5.74, 6) is 2.25. The van der Waals surface area contributed by atoms with Crippen LogP contribution < -0.4 is 10.6 Å². The molecule has 1 fully saturated rings. The second-order valence-corrected chi connectivity index (χ2v) is 8.29. The molecule has 1 aromatic rings. The fraction of sp³-hybridized carbons (Fsp3) is 0.600. The van der Waals surface area contributed by atoms with E-state index in [2.05, 4.69) is 15.6 Å². The largest absolute Gasteiger partial charge is 0.356 e. The van der Waals surface area contributed by atoms with E-state index in [1.165, 1.54) is 6.07 Å². The molecular weight excluding hydrogens is 490 g/mol. The van der Waals surface area contributed by atoms with E-state index < -0.39 is 0 Å². The first-order valence-electron chi connectivity index (χ1n) is 9.46. The number of thioether (sulfide) groups is 1. The molecule has 5 nitrogen and oxygen atoms in total. The van der Waals surface area contributed by atoms with E-state index in [0.717, 1.165) is 43.5 Å². The van der Waals surface area contributed by atoms with Gasteiger partial charge in [0.15, 0.2) is 5.96 Å². The number of benzene rings is 1. The Morgan fingerprint density at radius 1 is 1.25 bits per heavy atom. The molecule has 1 aromatic carbocycles. The predicted molar refractivity (Wildman–Crippen MR) is 127 cm³/mol. The lowest BCUT2D eigenvalue weighted by molar-refractivity contribution is -0.138. The Morgan fingerprint density at radius 2 is 1.93 bits per heavy atom. The van der Waals surface area contributed by atoms with Crippen LogP contribution in [0.1, 0.15) is 31.2 Å². The van der Waals surface area contributed by atoms with Crippen molar-refractivity contribution in [3.8, 4) is 0 Å². The summed E-state index contributed by atoms with van der Waals surface area (Å²) >= 11 is 1.68. The van der Waals surface area contributed by atoms with Crippen molar-refractivity contribution in [2.24, 2.45) is 10.4 Å². The average molecular weight is 522 g/mol. The maximum absolute atomic E-state index is 13.6. The SMILES string of the molecule is CN=C(NCCSCc1ccccc1F)NCC1(C(=O)N(C)C)CCCC1.I. The van der Waals surface area contributed by atoms with Crippen LogP contribution in [0.25, 0.3) is 0 Å². The van der Waals surface area contributed by atoms with Crippen molar-refractivity contribution in [3.05, 3.63) is 35.6 Å². The minimum Gasteiger partial charge on any atom is -0.356 e. The van der Waals surface area contributed by atoms with E-state index in [1.807, 2.05) is 26.2 Å². The monoisotopic (exact) mass is 522 g/mol. The highest BCUT2D eigenvalue weighted by molar-refractivity contribution is 14.0. The van der Waals surface area contributed by atoms with Gasteiger partial charge >= 0.3 is 0 Å². The normalized spacial score (nSPS) is 15.6. The summed E-state index contributed by atoms with van der Waals surface area (Å²) in [5, 5.41) is 6.61. The van der Waals surface area contributed by atoms with Gasteiger partial charge in [-0.15, -0.1) is 24.0 Å². The van der Waals surface area contributed by atoms with Crippen LogP contribution in [0.15, 0.2) is 29.3 Å². The number of guanidine groups is 1. The fourth-order valence-corrected chi connectivity index (χ4v) is 4.35. The minimum atomic E-state index is -0.319. The molecule has 1 aliphatic rings. The number of hydrogen-bond donors (Lipinski definition) is 2. The molecule has 28 heavy (non-hydrogen) atoms. The first-order chi connectivity index (χ1) is 13.0. The average Bonchev–Trinajstić information content (AvgIpc) is 3.14. The number of carbonyl (C=O) groups excluding carboxylic acids is 1. The maximum Gasteiger partial charge on any atom is 0.230 e. The number of amides is 1. The molecule has 0 spiro atoms. The summed E-state index contributed by atoms with van der Waals surface area (Å²) in [6.45, 7) is 1.33. The van der Waals surface area contributed by atoms with E-state index in [1.54, 1.807) is 29.8 Å². The van der Waals surface area contributed by atoms with Crippen LogP contribution in [0.2, 0.25) is 0 Å². The maximum atomic E-state index is 13.6. The van der Waals surface area contributed by atoms with Crippen molar-refractivity contribution in [1.82, 2.24) is 15.5 Å². The molecule has 0 aliphatic heterocycles. The molecule has 0 aromatic heterocycles.